The van der Waals surface area contributed by atoms with E-state index in [9.17, 15) is 14.4 Å². The van der Waals surface area contributed by atoms with Crippen molar-refractivity contribution >= 4 is 23.1 Å². The van der Waals surface area contributed by atoms with Crippen molar-refractivity contribution in [2.24, 2.45) is 0 Å². The van der Waals surface area contributed by atoms with Crippen LogP contribution in [0.3, 0.4) is 0 Å². The predicted octanol–water partition coefficient (Wildman–Crippen LogP) is 1.11. The average Bonchev–Trinajstić information content (AvgIpc) is 2.91. The molecule has 2 amide bonds. The second-order valence-electron chi connectivity index (χ2n) is 5.63. The van der Waals surface area contributed by atoms with Crippen LogP contribution >= 0.6 is 0 Å². The molecule has 1 aromatic heterocycles. The van der Waals surface area contributed by atoms with E-state index in [-0.39, 0.29) is 12.0 Å². The smallest absolute Gasteiger partial charge is 0.420 e. The van der Waals surface area contributed by atoms with Crippen molar-refractivity contribution in [1.29, 1.82) is 0 Å². The Balaban J connectivity index is 1.63. The van der Waals surface area contributed by atoms with E-state index in [1.807, 2.05) is 0 Å². The molecule has 2 heterocycles. The summed E-state index contributed by atoms with van der Waals surface area (Å²) in [5.74, 6) is -0.882. The number of hydrogen-bond donors (Lipinski definition) is 1. The molecule has 1 N–H and O–H groups in total. The third-order valence-corrected chi connectivity index (χ3v) is 4.02. The van der Waals surface area contributed by atoms with Gasteiger partial charge in [0.2, 0.25) is 5.91 Å². The van der Waals surface area contributed by atoms with E-state index in [1.165, 1.54) is 4.57 Å². The summed E-state index contributed by atoms with van der Waals surface area (Å²) in [6.07, 6.45) is 0.424. The van der Waals surface area contributed by atoms with Gasteiger partial charge in [0.15, 0.2) is 5.58 Å². The first kappa shape index (κ1) is 16.1. The van der Waals surface area contributed by atoms with Crippen LogP contribution in [0.15, 0.2) is 33.5 Å². The minimum Gasteiger partial charge on any atom is -0.449 e. The first-order valence-corrected chi connectivity index (χ1v) is 7.87. The van der Waals surface area contributed by atoms with Gasteiger partial charge in [-0.1, -0.05) is 12.1 Å². The molecular formula is C16H19N3O5. The van der Waals surface area contributed by atoms with E-state index in [1.54, 1.807) is 36.1 Å². The number of nitrogens with one attached hydrogen (secondary N) is 1. The number of carbonyl (C=O) groups is 2. The van der Waals surface area contributed by atoms with Crippen LogP contribution in [0.25, 0.3) is 11.1 Å². The van der Waals surface area contributed by atoms with Gasteiger partial charge in [-0.25, -0.2) is 9.59 Å². The molecule has 2 aromatic rings. The highest BCUT2D eigenvalue weighted by Crippen LogP contribution is 2.16. The molecule has 1 aromatic carbocycles. The van der Waals surface area contributed by atoms with Crippen LogP contribution in [0.5, 0.6) is 0 Å². The van der Waals surface area contributed by atoms with Gasteiger partial charge in [-0.05, 0) is 25.5 Å². The third kappa shape index (κ3) is 3.12. The number of hydrogen-bond acceptors (Lipinski definition) is 5. The number of amides is 2. The van der Waals surface area contributed by atoms with Crippen LogP contribution in [0.1, 0.15) is 19.4 Å². The van der Waals surface area contributed by atoms with Crippen molar-refractivity contribution < 1.29 is 18.7 Å². The molecule has 8 heteroatoms. The topological polar surface area (TPSA) is 93.8 Å². The summed E-state index contributed by atoms with van der Waals surface area (Å²) in [6.45, 7) is 3.36. The molecule has 0 aliphatic carbocycles. The highest BCUT2D eigenvalue weighted by molar-refractivity contribution is 5.82. The zero-order valence-electron chi connectivity index (χ0n) is 13.4. The molecule has 1 atom stereocenters. The van der Waals surface area contributed by atoms with Crippen LogP contribution in [-0.2, 0) is 9.53 Å². The van der Waals surface area contributed by atoms with E-state index in [0.717, 1.165) is 6.42 Å². The lowest BCUT2D eigenvalue weighted by molar-refractivity contribution is -0.124. The largest absolute Gasteiger partial charge is 0.449 e. The lowest BCUT2D eigenvalue weighted by Gasteiger charge is -2.26. The van der Waals surface area contributed by atoms with E-state index in [0.29, 0.717) is 37.3 Å². The molecule has 1 unspecified atom stereocenters. The van der Waals surface area contributed by atoms with Crippen LogP contribution < -0.4 is 11.1 Å². The first-order valence-electron chi connectivity index (χ1n) is 7.87. The molecule has 0 bridgehead atoms. The molecule has 1 aliphatic rings. The third-order valence-electron chi connectivity index (χ3n) is 4.02. The molecule has 24 heavy (non-hydrogen) atoms. The van der Waals surface area contributed by atoms with Gasteiger partial charge in [-0.15, -0.1) is 0 Å². The average molecular weight is 333 g/mol. The summed E-state index contributed by atoms with van der Waals surface area (Å²) in [7, 11) is 0. The molecule has 1 aliphatic heterocycles. The number of nitrogens with zero attached hydrogens (tertiary/aromatic N) is 2. The van der Waals surface area contributed by atoms with Crippen molar-refractivity contribution in [2.45, 2.75) is 19.4 Å². The summed E-state index contributed by atoms with van der Waals surface area (Å²) in [4.78, 5) is 37.4. The van der Waals surface area contributed by atoms with Gasteiger partial charge in [-0.2, -0.15) is 0 Å². The summed E-state index contributed by atoms with van der Waals surface area (Å²) >= 11 is 0. The molecule has 3 rings (SSSR count). The van der Waals surface area contributed by atoms with Crippen LogP contribution in [0.4, 0.5) is 4.79 Å². The Morgan fingerprint density at radius 2 is 2.12 bits per heavy atom. The quantitative estimate of drug-likeness (QED) is 0.885. The second-order valence-corrected chi connectivity index (χ2v) is 5.63. The van der Waals surface area contributed by atoms with E-state index < -0.39 is 11.8 Å². The van der Waals surface area contributed by atoms with Gasteiger partial charge in [0.25, 0.3) is 0 Å². The Hall–Kier alpha value is -2.77. The Morgan fingerprint density at radius 3 is 2.92 bits per heavy atom. The normalized spacial score (nSPS) is 16.0. The van der Waals surface area contributed by atoms with Gasteiger partial charge in [0.1, 0.15) is 6.04 Å². The van der Waals surface area contributed by atoms with Gasteiger partial charge in [0, 0.05) is 19.6 Å². The Bertz CT molecular complexity index is 809. The van der Waals surface area contributed by atoms with Gasteiger partial charge in [0.05, 0.1) is 12.1 Å². The number of benzene rings is 1. The molecule has 0 saturated carbocycles. The fraction of sp³-hybridized carbons (Fsp3) is 0.438. The van der Waals surface area contributed by atoms with Gasteiger partial charge >= 0.3 is 11.8 Å². The van der Waals surface area contributed by atoms with Crippen LogP contribution in [0, 0.1) is 0 Å². The summed E-state index contributed by atoms with van der Waals surface area (Å²) < 4.78 is 11.4. The fourth-order valence-corrected chi connectivity index (χ4v) is 2.73. The maximum Gasteiger partial charge on any atom is 0.420 e. The van der Waals surface area contributed by atoms with E-state index in [4.69, 9.17) is 9.15 Å². The lowest BCUT2D eigenvalue weighted by atomic mass is 10.2. The maximum atomic E-state index is 12.3. The van der Waals surface area contributed by atoms with Crippen molar-refractivity contribution in [3.63, 3.8) is 0 Å². The fourth-order valence-electron chi connectivity index (χ4n) is 2.73. The Kier molecular flexibility index (Phi) is 4.54. The zero-order chi connectivity index (χ0) is 17.1. The maximum absolute atomic E-state index is 12.3. The first-order chi connectivity index (χ1) is 11.6. The van der Waals surface area contributed by atoms with Crippen molar-refractivity contribution in [3.05, 3.63) is 34.8 Å². The number of fused-ring (bicyclic) bond motifs is 1. The summed E-state index contributed by atoms with van der Waals surface area (Å²) in [6, 6.07) is 6.24. The molecule has 1 fully saturated rings. The lowest BCUT2D eigenvalue weighted by Crippen LogP contribution is -2.43. The summed E-state index contributed by atoms with van der Waals surface area (Å²) in [5, 5.41) is 2.74. The Morgan fingerprint density at radius 1 is 1.33 bits per heavy atom. The van der Waals surface area contributed by atoms with Crippen LogP contribution in [-0.4, -0.2) is 47.7 Å². The minimum absolute atomic E-state index is 0.294. The number of carbonyl (C=O) groups excluding carboxylic acids is 2. The molecule has 8 nitrogen and oxygen atoms in total. The predicted molar refractivity (Wildman–Crippen MR) is 85.7 cm³/mol. The molecular weight excluding hydrogens is 314 g/mol. The standard InChI is InChI=1S/C16H19N3O5/c1-11(19-12-5-2-3-6-13(12)24-16(19)22)14(20)17-7-9-18-8-4-10-23-15(18)21/h2-3,5-6,11H,4,7-10H2,1H3,(H,17,20). The number of rotatable bonds is 5. The number of ether oxygens (including phenoxy) is 1. The van der Waals surface area contributed by atoms with Crippen molar-refractivity contribution in [3.8, 4) is 0 Å². The van der Waals surface area contributed by atoms with E-state index >= 15 is 0 Å². The van der Waals surface area contributed by atoms with Gasteiger partial charge < -0.3 is 19.4 Å². The van der Waals surface area contributed by atoms with Gasteiger partial charge in [-0.3, -0.25) is 9.36 Å². The number of cyclic esters (lactones) is 1. The van der Waals surface area contributed by atoms with E-state index in [2.05, 4.69) is 5.32 Å². The van der Waals surface area contributed by atoms with Crippen molar-refractivity contribution in [2.75, 3.05) is 26.2 Å². The number of para-hydroxylation sites is 2. The monoisotopic (exact) mass is 333 g/mol. The minimum atomic E-state index is -0.713. The molecule has 0 radical (unpaired) electrons. The molecule has 1 saturated heterocycles. The second kappa shape index (κ2) is 6.77. The number of aromatic nitrogens is 1. The zero-order valence-corrected chi connectivity index (χ0v) is 13.4. The SMILES string of the molecule is CC(C(=O)NCCN1CCCOC1=O)n1c(=O)oc2ccccc21. The van der Waals surface area contributed by atoms with Crippen molar-refractivity contribution in [1.82, 2.24) is 14.8 Å². The van der Waals surface area contributed by atoms with Crippen LogP contribution in [0.2, 0.25) is 0 Å². The molecule has 128 valence electrons. The highest BCUT2D eigenvalue weighted by Gasteiger charge is 2.22. The Labute approximate surface area is 138 Å². The summed E-state index contributed by atoms with van der Waals surface area (Å²) in [5.41, 5.74) is 1.02. The highest BCUT2D eigenvalue weighted by atomic mass is 16.6. The molecule has 0 spiro atoms. The number of oxazole rings is 1.